The second kappa shape index (κ2) is 3.78. The van der Waals surface area contributed by atoms with Crippen molar-refractivity contribution in [2.45, 2.75) is 38.2 Å². The summed E-state index contributed by atoms with van der Waals surface area (Å²) in [4.78, 5) is 0. The van der Waals surface area contributed by atoms with Crippen LogP contribution in [0.5, 0.6) is 0 Å². The molecular formula is C6H11HfO. The van der Waals surface area contributed by atoms with Crippen molar-refractivity contribution in [2.75, 3.05) is 0 Å². The molecule has 0 aromatic carbocycles. The second-order valence-corrected chi connectivity index (χ2v) is 3.22. The van der Waals surface area contributed by atoms with Gasteiger partial charge in [0, 0.05) is 0 Å². The van der Waals surface area contributed by atoms with E-state index in [4.69, 9.17) is 2.85 Å². The Morgan fingerprint density at radius 1 is 1.12 bits per heavy atom. The van der Waals surface area contributed by atoms with E-state index < -0.39 is 0 Å². The molecule has 1 nitrogen and oxygen atoms in total. The van der Waals surface area contributed by atoms with Gasteiger partial charge in [-0.25, -0.2) is 0 Å². The van der Waals surface area contributed by atoms with Gasteiger partial charge in [0.2, 0.25) is 0 Å². The molecule has 2 heteroatoms. The Kier molecular flexibility index (Phi) is 3.28. The van der Waals surface area contributed by atoms with Crippen molar-refractivity contribution >= 4 is 0 Å². The minimum atomic E-state index is 0.649. The van der Waals surface area contributed by atoms with E-state index in [2.05, 4.69) is 0 Å². The summed E-state index contributed by atoms with van der Waals surface area (Å²) < 4.78 is 5.33. The zero-order chi connectivity index (χ0) is 5.82. The van der Waals surface area contributed by atoms with Crippen LogP contribution in [0.1, 0.15) is 32.1 Å². The molecule has 0 aromatic rings. The summed E-state index contributed by atoms with van der Waals surface area (Å²) in [5.41, 5.74) is 0. The molecule has 0 radical (unpaired) electrons. The Morgan fingerprint density at radius 2 is 1.75 bits per heavy atom. The molecule has 0 heterocycles. The molecule has 0 aliphatic heterocycles. The first-order chi connectivity index (χ1) is 3.93. The Labute approximate surface area is 66.0 Å². The van der Waals surface area contributed by atoms with Crippen LogP contribution < -0.4 is 0 Å². The van der Waals surface area contributed by atoms with Crippen LogP contribution in [0.25, 0.3) is 0 Å². The number of hydrogen-bond donors (Lipinski definition) is 0. The molecule has 45 valence electrons. The van der Waals surface area contributed by atoms with Crippen LogP contribution in [0.15, 0.2) is 0 Å². The van der Waals surface area contributed by atoms with E-state index >= 15 is 0 Å². The van der Waals surface area contributed by atoms with Crippen LogP contribution >= 0.6 is 0 Å². The van der Waals surface area contributed by atoms with Gasteiger partial charge >= 0.3 is 65.9 Å². The van der Waals surface area contributed by atoms with E-state index in [0.29, 0.717) is 6.10 Å². The fourth-order valence-electron chi connectivity index (χ4n) is 1.18. The third-order valence-electron chi connectivity index (χ3n) is 1.72. The summed E-state index contributed by atoms with van der Waals surface area (Å²) >= 11 is 0.930. The van der Waals surface area contributed by atoms with E-state index in [-0.39, 0.29) is 0 Å². The first-order valence-corrected chi connectivity index (χ1v) is 4.72. The van der Waals surface area contributed by atoms with Crippen molar-refractivity contribution in [3.63, 3.8) is 0 Å². The topological polar surface area (TPSA) is 9.23 Å². The van der Waals surface area contributed by atoms with E-state index in [9.17, 15) is 0 Å². The molecule has 8 heavy (non-hydrogen) atoms. The van der Waals surface area contributed by atoms with Gasteiger partial charge in [0.05, 0.1) is 0 Å². The van der Waals surface area contributed by atoms with Gasteiger partial charge in [-0.15, -0.1) is 0 Å². The SMILES string of the molecule is [Hf][O]C1CCCCC1. The molecule has 1 saturated carbocycles. The van der Waals surface area contributed by atoms with Gasteiger partial charge in [-0.05, 0) is 0 Å². The molecular weight excluding hydrogens is 267 g/mol. The molecule has 0 saturated heterocycles. The minimum absolute atomic E-state index is 0.649. The number of rotatable bonds is 1. The first-order valence-electron chi connectivity index (χ1n) is 3.26. The van der Waals surface area contributed by atoms with E-state index in [1.165, 1.54) is 32.1 Å². The maximum atomic E-state index is 5.33. The third kappa shape index (κ3) is 1.98. The monoisotopic (exact) mass is 279 g/mol. The van der Waals surface area contributed by atoms with Crippen LogP contribution in [-0.4, -0.2) is 6.10 Å². The normalized spacial score (nSPS) is 23.4. The molecule has 0 atom stereocenters. The van der Waals surface area contributed by atoms with E-state index in [0.717, 1.165) is 24.8 Å². The van der Waals surface area contributed by atoms with Gasteiger partial charge in [0.1, 0.15) is 0 Å². The summed E-state index contributed by atoms with van der Waals surface area (Å²) in [5, 5.41) is 0. The van der Waals surface area contributed by atoms with Gasteiger partial charge in [0.25, 0.3) is 0 Å². The molecule has 0 amide bonds. The number of hydrogen-bond acceptors (Lipinski definition) is 1. The predicted molar refractivity (Wildman–Crippen MR) is 28.0 cm³/mol. The molecule has 0 N–H and O–H groups in total. The van der Waals surface area contributed by atoms with Gasteiger partial charge in [-0.3, -0.25) is 0 Å². The molecule has 0 spiro atoms. The van der Waals surface area contributed by atoms with Crippen molar-refractivity contribution in [3.05, 3.63) is 0 Å². The van der Waals surface area contributed by atoms with Crippen LogP contribution in [-0.2, 0) is 27.7 Å². The summed E-state index contributed by atoms with van der Waals surface area (Å²) in [6, 6.07) is 0. The summed E-state index contributed by atoms with van der Waals surface area (Å²) in [7, 11) is 0. The molecule has 0 unspecified atom stereocenters. The Bertz CT molecular complexity index is 59.5. The molecule has 1 aliphatic carbocycles. The Hall–Kier alpha value is 0.830. The fourth-order valence-corrected chi connectivity index (χ4v) is 2.03. The Balaban J connectivity index is 2.13. The van der Waals surface area contributed by atoms with Gasteiger partial charge < -0.3 is 0 Å². The average molecular weight is 278 g/mol. The molecule has 0 aromatic heterocycles. The van der Waals surface area contributed by atoms with Crippen LogP contribution in [0.4, 0.5) is 0 Å². The molecule has 1 fully saturated rings. The quantitative estimate of drug-likeness (QED) is 0.664. The third-order valence-corrected chi connectivity index (χ3v) is 2.92. The maximum absolute atomic E-state index is 5.33. The van der Waals surface area contributed by atoms with Gasteiger partial charge in [0.15, 0.2) is 0 Å². The molecule has 1 rings (SSSR count). The second-order valence-electron chi connectivity index (χ2n) is 2.38. The first kappa shape index (κ1) is 6.94. The van der Waals surface area contributed by atoms with Crippen LogP contribution in [0, 0.1) is 0 Å². The van der Waals surface area contributed by atoms with Gasteiger partial charge in [-0.1, -0.05) is 0 Å². The van der Waals surface area contributed by atoms with Crippen LogP contribution in [0.3, 0.4) is 0 Å². The zero-order valence-corrected chi connectivity index (χ0v) is 8.61. The predicted octanol–water partition coefficient (Wildman–Crippen LogP) is 1.80. The van der Waals surface area contributed by atoms with Crippen molar-refractivity contribution in [3.8, 4) is 0 Å². The van der Waals surface area contributed by atoms with Crippen molar-refractivity contribution in [1.29, 1.82) is 0 Å². The zero-order valence-electron chi connectivity index (χ0n) is 5.02. The van der Waals surface area contributed by atoms with Crippen molar-refractivity contribution in [1.82, 2.24) is 0 Å². The molecule has 0 bridgehead atoms. The average Bonchev–Trinajstić information content (AvgIpc) is 1.90. The van der Waals surface area contributed by atoms with Crippen molar-refractivity contribution in [2.24, 2.45) is 0 Å². The van der Waals surface area contributed by atoms with E-state index in [1.807, 2.05) is 0 Å². The fraction of sp³-hybridized carbons (Fsp3) is 1.00. The summed E-state index contributed by atoms with van der Waals surface area (Å²) in [6.45, 7) is 0. The van der Waals surface area contributed by atoms with Crippen molar-refractivity contribution < 1.29 is 27.7 Å². The molecule has 1 aliphatic rings. The van der Waals surface area contributed by atoms with E-state index in [1.54, 1.807) is 0 Å². The summed E-state index contributed by atoms with van der Waals surface area (Å²) in [5.74, 6) is 0. The van der Waals surface area contributed by atoms with Crippen LogP contribution in [0.2, 0.25) is 0 Å². The standard InChI is InChI=1S/C6H11O.Hf/c7-6-4-2-1-3-5-6;/h6H,1-5H2;/q-1;+1. The van der Waals surface area contributed by atoms with Gasteiger partial charge in [-0.2, -0.15) is 0 Å². The Morgan fingerprint density at radius 3 is 2.12 bits per heavy atom. The summed E-state index contributed by atoms with van der Waals surface area (Å²) in [6.07, 6.45) is 7.52.